The van der Waals surface area contributed by atoms with E-state index in [1.165, 1.54) is 7.11 Å². The number of anilines is 1. The van der Waals surface area contributed by atoms with Crippen molar-refractivity contribution in [1.29, 1.82) is 0 Å². The Morgan fingerprint density at radius 3 is 2.70 bits per heavy atom. The third-order valence-electron chi connectivity index (χ3n) is 2.69. The number of amides is 2. The molecule has 0 bridgehead atoms. The second-order valence-electron chi connectivity index (χ2n) is 4.12. The number of ether oxygens (including phenoxy) is 2. The molecule has 0 spiro atoms. The van der Waals surface area contributed by atoms with E-state index in [1.54, 1.807) is 0 Å². The molecule has 1 fully saturated rings. The quantitative estimate of drug-likeness (QED) is 0.917. The number of carbonyl (C=O) groups excluding carboxylic acids is 2. The van der Waals surface area contributed by atoms with Gasteiger partial charge in [0.15, 0.2) is 0 Å². The number of methoxy groups -OCH3 is 1. The van der Waals surface area contributed by atoms with Crippen LogP contribution in [-0.4, -0.2) is 38.5 Å². The van der Waals surface area contributed by atoms with Crippen LogP contribution in [0.2, 0.25) is 0 Å². The lowest BCUT2D eigenvalue weighted by atomic mass is 10.2. The third-order valence-corrected chi connectivity index (χ3v) is 2.69. The predicted octanol–water partition coefficient (Wildman–Crippen LogP) is 1.65. The highest BCUT2D eigenvalue weighted by Crippen LogP contribution is 2.23. The number of carbonyl (C=O) groups is 2. The monoisotopic (exact) mass is 286 g/mol. The first-order chi connectivity index (χ1) is 9.49. The standard InChI is InChI=1S/C12H12F2N2O4/c1-19-11(17)15-5-10-6-16(12(18)20-10)9-3-7(13)2-8(14)4-9/h2-4,10H,5-6H2,1H3,(H,15,17). The Balaban J connectivity index is 2.03. The molecule has 1 atom stereocenters. The number of alkyl carbamates (subject to hydrolysis) is 1. The van der Waals surface area contributed by atoms with E-state index in [1.807, 2.05) is 0 Å². The van der Waals surface area contributed by atoms with Gasteiger partial charge in [0.1, 0.15) is 17.7 Å². The second kappa shape index (κ2) is 5.72. The zero-order chi connectivity index (χ0) is 14.7. The van der Waals surface area contributed by atoms with Crippen LogP contribution in [0.5, 0.6) is 0 Å². The number of nitrogens with zero attached hydrogens (tertiary/aromatic N) is 1. The lowest BCUT2D eigenvalue weighted by Gasteiger charge is -2.13. The summed E-state index contributed by atoms with van der Waals surface area (Å²) < 4.78 is 35.6. The molecular weight excluding hydrogens is 274 g/mol. The summed E-state index contributed by atoms with van der Waals surface area (Å²) in [5.41, 5.74) is 0.0630. The average molecular weight is 286 g/mol. The van der Waals surface area contributed by atoms with Gasteiger partial charge in [0.05, 0.1) is 25.9 Å². The first kappa shape index (κ1) is 14.0. The minimum absolute atomic E-state index is 0.0483. The van der Waals surface area contributed by atoms with Gasteiger partial charge in [-0.3, -0.25) is 4.90 Å². The highest BCUT2D eigenvalue weighted by atomic mass is 19.1. The van der Waals surface area contributed by atoms with Crippen molar-refractivity contribution in [3.8, 4) is 0 Å². The van der Waals surface area contributed by atoms with Crippen molar-refractivity contribution in [2.24, 2.45) is 0 Å². The van der Waals surface area contributed by atoms with E-state index < -0.39 is 29.9 Å². The molecule has 0 saturated carbocycles. The van der Waals surface area contributed by atoms with Crippen LogP contribution in [0.1, 0.15) is 0 Å². The summed E-state index contributed by atoms with van der Waals surface area (Å²) >= 11 is 0. The maximum absolute atomic E-state index is 13.1. The molecule has 2 rings (SSSR count). The summed E-state index contributed by atoms with van der Waals surface area (Å²) in [7, 11) is 1.21. The molecule has 0 radical (unpaired) electrons. The van der Waals surface area contributed by atoms with Crippen molar-refractivity contribution < 1.29 is 27.8 Å². The van der Waals surface area contributed by atoms with Gasteiger partial charge >= 0.3 is 12.2 Å². The summed E-state index contributed by atoms with van der Waals surface area (Å²) in [6.45, 7) is 0.123. The van der Waals surface area contributed by atoms with Crippen molar-refractivity contribution in [2.75, 3.05) is 25.1 Å². The van der Waals surface area contributed by atoms with Crippen molar-refractivity contribution in [3.63, 3.8) is 0 Å². The van der Waals surface area contributed by atoms with Gasteiger partial charge in [0.25, 0.3) is 0 Å². The van der Waals surface area contributed by atoms with E-state index in [4.69, 9.17) is 4.74 Å². The second-order valence-corrected chi connectivity index (χ2v) is 4.12. The van der Waals surface area contributed by atoms with Crippen molar-refractivity contribution >= 4 is 17.9 Å². The van der Waals surface area contributed by atoms with E-state index in [0.29, 0.717) is 6.07 Å². The molecule has 1 heterocycles. The fourth-order valence-electron chi connectivity index (χ4n) is 1.80. The van der Waals surface area contributed by atoms with Gasteiger partial charge in [-0.15, -0.1) is 0 Å². The van der Waals surface area contributed by atoms with Crippen molar-refractivity contribution in [3.05, 3.63) is 29.8 Å². The highest BCUT2D eigenvalue weighted by molar-refractivity contribution is 5.89. The molecule has 1 unspecified atom stereocenters. The van der Waals surface area contributed by atoms with Gasteiger partial charge in [0.2, 0.25) is 0 Å². The van der Waals surface area contributed by atoms with Gasteiger partial charge in [-0.25, -0.2) is 18.4 Å². The molecule has 1 aliphatic rings. The predicted molar refractivity (Wildman–Crippen MR) is 64.4 cm³/mol. The third kappa shape index (κ3) is 3.14. The molecule has 0 aliphatic carbocycles. The molecule has 1 N–H and O–H groups in total. The van der Waals surface area contributed by atoms with Gasteiger partial charge in [-0.05, 0) is 12.1 Å². The molecule has 1 aromatic rings. The fourth-order valence-corrected chi connectivity index (χ4v) is 1.80. The van der Waals surface area contributed by atoms with Crippen LogP contribution in [0.3, 0.4) is 0 Å². The topological polar surface area (TPSA) is 67.9 Å². The Morgan fingerprint density at radius 2 is 2.10 bits per heavy atom. The minimum Gasteiger partial charge on any atom is -0.453 e. The summed E-state index contributed by atoms with van der Waals surface area (Å²) in [5.74, 6) is -1.58. The van der Waals surface area contributed by atoms with Gasteiger partial charge < -0.3 is 14.8 Å². The van der Waals surface area contributed by atoms with Crippen LogP contribution in [-0.2, 0) is 9.47 Å². The smallest absolute Gasteiger partial charge is 0.414 e. The van der Waals surface area contributed by atoms with E-state index in [9.17, 15) is 18.4 Å². The van der Waals surface area contributed by atoms with Gasteiger partial charge in [-0.2, -0.15) is 0 Å². The summed E-state index contributed by atoms with van der Waals surface area (Å²) in [6, 6.07) is 2.77. The van der Waals surface area contributed by atoms with Crippen LogP contribution >= 0.6 is 0 Å². The van der Waals surface area contributed by atoms with Gasteiger partial charge in [0, 0.05) is 6.07 Å². The van der Waals surface area contributed by atoms with E-state index in [-0.39, 0.29) is 18.8 Å². The number of hydrogen-bond donors (Lipinski definition) is 1. The molecule has 20 heavy (non-hydrogen) atoms. The Hall–Kier alpha value is -2.38. The van der Waals surface area contributed by atoms with Crippen LogP contribution in [0.4, 0.5) is 24.1 Å². The fraction of sp³-hybridized carbons (Fsp3) is 0.333. The maximum atomic E-state index is 13.1. The number of cyclic esters (lactones) is 1. The largest absolute Gasteiger partial charge is 0.453 e. The molecule has 1 aliphatic heterocycles. The van der Waals surface area contributed by atoms with Crippen LogP contribution in [0.15, 0.2) is 18.2 Å². The number of nitrogens with one attached hydrogen (secondary N) is 1. The van der Waals surface area contributed by atoms with E-state index in [0.717, 1.165) is 17.0 Å². The minimum atomic E-state index is -0.788. The van der Waals surface area contributed by atoms with Gasteiger partial charge in [-0.1, -0.05) is 0 Å². The average Bonchev–Trinajstić information content (AvgIpc) is 2.76. The summed E-state index contributed by atoms with van der Waals surface area (Å²) in [4.78, 5) is 23.6. The lowest BCUT2D eigenvalue weighted by Crippen LogP contribution is -2.34. The first-order valence-corrected chi connectivity index (χ1v) is 5.75. The number of benzene rings is 1. The Morgan fingerprint density at radius 1 is 1.45 bits per heavy atom. The van der Waals surface area contributed by atoms with Crippen molar-refractivity contribution in [2.45, 2.75) is 6.10 Å². The van der Waals surface area contributed by atoms with Crippen molar-refractivity contribution in [1.82, 2.24) is 5.32 Å². The maximum Gasteiger partial charge on any atom is 0.414 e. The normalized spacial score (nSPS) is 17.9. The first-order valence-electron chi connectivity index (χ1n) is 5.75. The molecule has 1 aromatic carbocycles. The molecule has 0 aromatic heterocycles. The SMILES string of the molecule is COC(=O)NCC1CN(c2cc(F)cc(F)c2)C(=O)O1. The number of hydrogen-bond acceptors (Lipinski definition) is 4. The Kier molecular flexibility index (Phi) is 4.02. The van der Waals surface area contributed by atoms with Crippen LogP contribution in [0.25, 0.3) is 0 Å². The highest BCUT2D eigenvalue weighted by Gasteiger charge is 2.33. The Labute approximate surface area is 113 Å². The molecule has 6 nitrogen and oxygen atoms in total. The molecule has 2 amide bonds. The zero-order valence-electron chi connectivity index (χ0n) is 10.6. The molecular formula is C12H12F2N2O4. The van der Waals surface area contributed by atoms with E-state index >= 15 is 0 Å². The zero-order valence-corrected chi connectivity index (χ0v) is 10.6. The number of rotatable bonds is 3. The van der Waals surface area contributed by atoms with Crippen LogP contribution in [0, 0.1) is 11.6 Å². The summed E-state index contributed by atoms with van der Waals surface area (Å²) in [6.07, 6.45) is -2.00. The van der Waals surface area contributed by atoms with E-state index in [2.05, 4.69) is 10.1 Å². The molecule has 108 valence electrons. The lowest BCUT2D eigenvalue weighted by molar-refractivity contribution is 0.132. The molecule has 1 saturated heterocycles. The number of halogens is 2. The molecule has 8 heteroatoms. The summed E-state index contributed by atoms with van der Waals surface area (Å²) in [5, 5.41) is 2.38. The Bertz CT molecular complexity index is 518. The van der Waals surface area contributed by atoms with Crippen LogP contribution < -0.4 is 10.2 Å².